The van der Waals surface area contributed by atoms with Gasteiger partial charge in [0.2, 0.25) is 23.6 Å². The molecule has 1 unspecified atom stereocenters. The van der Waals surface area contributed by atoms with Crippen LogP contribution in [0.3, 0.4) is 0 Å². The van der Waals surface area contributed by atoms with Crippen LogP contribution in [0.5, 0.6) is 11.5 Å². The summed E-state index contributed by atoms with van der Waals surface area (Å²) in [5.74, 6) is -2.46. The third kappa shape index (κ3) is 11.3. The van der Waals surface area contributed by atoms with Crippen LogP contribution in [0.1, 0.15) is 71.9 Å². The van der Waals surface area contributed by atoms with Crippen molar-refractivity contribution in [1.82, 2.24) is 31.2 Å². The van der Waals surface area contributed by atoms with E-state index in [1.54, 1.807) is 55.5 Å². The minimum absolute atomic E-state index is 0.00766. The molecular formula is C48H58N10O7. The van der Waals surface area contributed by atoms with Gasteiger partial charge in [0.05, 0.1) is 23.0 Å². The van der Waals surface area contributed by atoms with E-state index in [1.807, 2.05) is 18.2 Å². The van der Waals surface area contributed by atoms with Gasteiger partial charge in [-0.1, -0.05) is 43.3 Å². The first kappa shape index (κ1) is 47.6. The molecule has 2 heterocycles. The first-order valence-electron chi connectivity index (χ1n) is 21.8. The van der Waals surface area contributed by atoms with Crippen molar-refractivity contribution in [1.29, 1.82) is 5.26 Å². The average Bonchev–Trinajstić information content (AvgIpc) is 4.06. The molecule has 1 fully saturated rings. The minimum atomic E-state index is -1.39. The predicted octanol–water partition coefficient (Wildman–Crippen LogP) is 2.28. The maximum atomic E-state index is 14.7. The summed E-state index contributed by atoms with van der Waals surface area (Å²) in [6.45, 7) is 5.83. The number of nitriles is 1. The number of fused-ring (bicyclic) bond motifs is 5. The van der Waals surface area contributed by atoms with Gasteiger partial charge in [-0.15, -0.1) is 0 Å². The Morgan fingerprint density at radius 1 is 0.908 bits per heavy atom. The molecule has 5 amide bonds. The van der Waals surface area contributed by atoms with Gasteiger partial charge < -0.3 is 52.8 Å². The van der Waals surface area contributed by atoms with E-state index in [0.717, 1.165) is 18.4 Å². The zero-order valence-electron chi connectivity index (χ0n) is 37.2. The Bertz CT molecular complexity index is 2450. The number of nitrogens with two attached hydrogens (primary N) is 3. The second-order valence-electron chi connectivity index (χ2n) is 16.7. The number of hydrogen-bond acceptors (Lipinski definition) is 12. The molecule has 17 heteroatoms. The third-order valence-electron chi connectivity index (χ3n) is 11.8. The number of benzene rings is 3. The lowest BCUT2D eigenvalue weighted by Crippen LogP contribution is -2.56. The van der Waals surface area contributed by atoms with Crippen molar-refractivity contribution in [3.8, 4) is 40.0 Å². The fraction of sp³-hybridized carbons (Fsp3) is 0.396. The van der Waals surface area contributed by atoms with E-state index in [-0.39, 0.29) is 63.2 Å². The van der Waals surface area contributed by atoms with Crippen LogP contribution in [0.25, 0.3) is 22.4 Å². The van der Waals surface area contributed by atoms with Crippen molar-refractivity contribution >= 4 is 29.5 Å². The van der Waals surface area contributed by atoms with Crippen LogP contribution in [0.15, 0.2) is 72.8 Å². The van der Waals surface area contributed by atoms with E-state index < -0.39 is 53.7 Å². The number of nitrogens with zero attached hydrogens (tertiary/aromatic N) is 3. The Kier molecular flexibility index (Phi) is 15.5. The van der Waals surface area contributed by atoms with Crippen LogP contribution in [0.4, 0.5) is 0 Å². The van der Waals surface area contributed by atoms with E-state index in [4.69, 9.17) is 36.9 Å². The number of carbonyl (C=O) groups is 5. The lowest BCUT2D eigenvalue weighted by Gasteiger charge is -2.32. The lowest BCUT2D eigenvalue weighted by molar-refractivity contribution is -0.141. The van der Waals surface area contributed by atoms with Gasteiger partial charge in [-0.2, -0.15) is 5.26 Å². The number of carbonyl (C=O) groups excluding carboxylic acids is 5. The summed E-state index contributed by atoms with van der Waals surface area (Å²) in [5, 5.41) is 19.9. The zero-order valence-corrected chi connectivity index (χ0v) is 37.2. The molecule has 1 aliphatic heterocycles. The lowest BCUT2D eigenvalue weighted by atomic mass is 9.93. The first-order chi connectivity index (χ1) is 31.2. The Hall–Kier alpha value is -6.87. The number of rotatable bonds is 16. The van der Waals surface area contributed by atoms with E-state index in [1.165, 1.54) is 24.4 Å². The summed E-state index contributed by atoms with van der Waals surface area (Å²) < 4.78 is 12.2. The number of aromatic nitrogens is 1. The normalized spacial score (nSPS) is 18.1. The molecule has 6 rings (SSSR count). The highest BCUT2D eigenvalue weighted by Crippen LogP contribution is 2.47. The maximum Gasteiger partial charge on any atom is 0.253 e. The molecule has 1 aromatic heterocycles. The fourth-order valence-electron chi connectivity index (χ4n) is 7.85. The van der Waals surface area contributed by atoms with Gasteiger partial charge in [-0.05, 0) is 98.2 Å². The summed E-state index contributed by atoms with van der Waals surface area (Å²) in [6.07, 6.45) is 2.36. The number of hydrogen-bond donors (Lipinski definition) is 7. The van der Waals surface area contributed by atoms with Crippen molar-refractivity contribution < 1.29 is 33.4 Å². The number of likely N-dealkylation sites (N-methyl/N-ethyl adjacent to an activating group) is 1. The SMILES string of the molecule is Cc1nc(-c2ccc(C3(C)CC3)cc2)ccc1C(=O)NC(CCN)C(=O)N(C)[C@@H]1C(=O)N[C@@H](C)C(=O)N[C@H](C(=O)NCC#N)Cc2ccc(OCCN)c(c2)-c2cc1ccc2OCCN. The van der Waals surface area contributed by atoms with E-state index in [2.05, 4.69) is 40.3 Å². The van der Waals surface area contributed by atoms with Crippen LogP contribution in [-0.2, 0) is 31.0 Å². The number of pyridine rings is 1. The van der Waals surface area contributed by atoms with Crippen LogP contribution in [0.2, 0.25) is 0 Å². The molecule has 4 bridgehead atoms. The molecule has 10 N–H and O–H groups in total. The molecule has 17 nitrogen and oxygen atoms in total. The van der Waals surface area contributed by atoms with Gasteiger partial charge in [0.1, 0.15) is 55.4 Å². The molecule has 4 atom stereocenters. The number of ether oxygens (including phenoxy) is 2. The number of amides is 5. The highest BCUT2D eigenvalue weighted by atomic mass is 16.5. The quantitative estimate of drug-likeness (QED) is 0.0800. The van der Waals surface area contributed by atoms with Gasteiger partial charge in [-0.25, -0.2) is 0 Å². The van der Waals surface area contributed by atoms with Crippen molar-refractivity contribution in [2.45, 2.75) is 76.0 Å². The molecule has 1 saturated carbocycles. The van der Waals surface area contributed by atoms with Gasteiger partial charge >= 0.3 is 0 Å². The summed E-state index contributed by atoms with van der Waals surface area (Å²) in [5.41, 5.74) is 23.4. The van der Waals surface area contributed by atoms with Gasteiger partial charge in [-0.3, -0.25) is 29.0 Å². The highest BCUT2D eigenvalue weighted by Gasteiger charge is 2.39. The van der Waals surface area contributed by atoms with E-state index in [0.29, 0.717) is 45.1 Å². The molecule has 1 aliphatic carbocycles. The Labute approximate surface area is 378 Å². The van der Waals surface area contributed by atoms with Crippen LogP contribution < -0.4 is 47.9 Å². The van der Waals surface area contributed by atoms with Crippen molar-refractivity contribution in [3.05, 3.63) is 101 Å². The summed E-state index contributed by atoms with van der Waals surface area (Å²) in [7, 11) is 1.43. The topological polar surface area (TPSA) is 270 Å². The average molecular weight is 887 g/mol. The Morgan fingerprint density at radius 3 is 2.18 bits per heavy atom. The van der Waals surface area contributed by atoms with Gasteiger partial charge in [0, 0.05) is 43.2 Å². The third-order valence-corrected chi connectivity index (χ3v) is 11.8. The number of nitrogens with one attached hydrogen (secondary N) is 4. The second-order valence-corrected chi connectivity index (χ2v) is 16.7. The Balaban J connectivity index is 1.36. The monoisotopic (exact) mass is 886 g/mol. The van der Waals surface area contributed by atoms with Crippen LogP contribution >= 0.6 is 0 Å². The summed E-state index contributed by atoms with van der Waals surface area (Å²) >= 11 is 0. The fourth-order valence-corrected chi connectivity index (χ4v) is 7.85. The zero-order chi connectivity index (χ0) is 46.8. The molecule has 0 spiro atoms. The molecular weight excluding hydrogens is 829 g/mol. The van der Waals surface area contributed by atoms with Crippen LogP contribution in [-0.4, -0.2) is 104 Å². The van der Waals surface area contributed by atoms with E-state index >= 15 is 0 Å². The molecule has 3 aromatic carbocycles. The van der Waals surface area contributed by atoms with Gasteiger partial charge in [0.25, 0.3) is 5.91 Å². The second kappa shape index (κ2) is 21.2. The molecule has 0 radical (unpaired) electrons. The van der Waals surface area contributed by atoms with E-state index in [9.17, 15) is 24.0 Å². The maximum absolute atomic E-state index is 14.7. The standard InChI is InChI=1S/C48H58N10O7/c1-28-34(11-12-37(54-28)31-6-9-33(10-7-31)48(3)16-17-48)44(60)56-38(15-18-49)47(63)58(4)42-32-8-14-41(65-24-21-52)36(27-32)35-25-30(5-13-40(35)64-23-20-51)26-39(45(61)53-22-19-50)57-43(59)29(2)55-46(42)62/h5-14,25,27,29,38-39,42H,15-18,20-24,26,49,51-52H2,1-4H3,(H,53,61)(H,55,62)(H,56,60)(H,57,59)/t29-,38?,39-,42-/m0/s1. The molecule has 342 valence electrons. The first-order valence-corrected chi connectivity index (χ1v) is 21.8. The van der Waals surface area contributed by atoms with Crippen molar-refractivity contribution in [2.75, 3.05) is 46.4 Å². The minimum Gasteiger partial charge on any atom is -0.492 e. The molecule has 4 aromatic rings. The molecule has 65 heavy (non-hydrogen) atoms. The number of aryl methyl sites for hydroxylation is 1. The smallest absolute Gasteiger partial charge is 0.253 e. The molecule has 0 saturated heterocycles. The summed E-state index contributed by atoms with van der Waals surface area (Å²) in [4.78, 5) is 76.1. The largest absolute Gasteiger partial charge is 0.492 e. The Morgan fingerprint density at radius 2 is 1.57 bits per heavy atom. The van der Waals surface area contributed by atoms with Crippen LogP contribution in [0, 0.1) is 18.3 Å². The highest BCUT2D eigenvalue weighted by molar-refractivity contribution is 6.00. The van der Waals surface area contributed by atoms with Crippen molar-refractivity contribution in [2.24, 2.45) is 17.2 Å². The summed E-state index contributed by atoms with van der Waals surface area (Å²) in [6, 6.07) is 18.9. The van der Waals surface area contributed by atoms with Crippen molar-refractivity contribution in [3.63, 3.8) is 0 Å². The predicted molar refractivity (Wildman–Crippen MR) is 244 cm³/mol. The van der Waals surface area contributed by atoms with Gasteiger partial charge in [0.15, 0.2) is 0 Å². The molecule has 2 aliphatic rings.